The van der Waals surface area contributed by atoms with Crippen LogP contribution in [0.4, 0.5) is 10.6 Å². The van der Waals surface area contributed by atoms with Crippen molar-refractivity contribution >= 4 is 11.8 Å². The largest absolute Gasteiger partial charge is 0.357 e. The summed E-state index contributed by atoms with van der Waals surface area (Å²) in [7, 11) is 0. The molecule has 0 aliphatic carbocycles. The fourth-order valence-electron chi connectivity index (χ4n) is 3.08. The predicted molar refractivity (Wildman–Crippen MR) is 105 cm³/mol. The van der Waals surface area contributed by atoms with Gasteiger partial charge in [0.25, 0.3) is 0 Å². The van der Waals surface area contributed by atoms with E-state index < -0.39 is 0 Å². The van der Waals surface area contributed by atoms with Gasteiger partial charge in [0, 0.05) is 32.4 Å². The van der Waals surface area contributed by atoms with Gasteiger partial charge < -0.3 is 15.5 Å². The predicted octanol–water partition coefficient (Wildman–Crippen LogP) is 3.63. The van der Waals surface area contributed by atoms with Crippen molar-refractivity contribution in [2.45, 2.75) is 39.8 Å². The van der Waals surface area contributed by atoms with Crippen LogP contribution < -0.4 is 15.5 Å². The van der Waals surface area contributed by atoms with E-state index in [1.807, 2.05) is 36.5 Å². The zero-order chi connectivity index (χ0) is 18.4. The Bertz CT molecular complexity index is 704. The molecular formula is C21H28N4O. The van der Waals surface area contributed by atoms with E-state index in [2.05, 4.69) is 40.4 Å². The number of carbonyl (C=O) groups is 1. The van der Waals surface area contributed by atoms with Gasteiger partial charge in [0.15, 0.2) is 0 Å². The van der Waals surface area contributed by atoms with Gasteiger partial charge in [-0.15, -0.1) is 0 Å². The number of anilines is 1. The van der Waals surface area contributed by atoms with E-state index in [4.69, 9.17) is 0 Å². The maximum Gasteiger partial charge on any atom is 0.315 e. The fourth-order valence-corrected chi connectivity index (χ4v) is 3.08. The van der Waals surface area contributed by atoms with Crippen molar-refractivity contribution < 1.29 is 4.79 Å². The molecule has 1 fully saturated rings. The van der Waals surface area contributed by atoms with Gasteiger partial charge in [-0.3, -0.25) is 0 Å². The minimum absolute atomic E-state index is 0.167. The summed E-state index contributed by atoms with van der Waals surface area (Å²) in [6.07, 6.45) is 4.31. The quantitative estimate of drug-likeness (QED) is 0.864. The number of hydrogen-bond acceptors (Lipinski definition) is 3. The third kappa shape index (κ3) is 5.22. The second-order valence-corrected chi connectivity index (χ2v) is 7.22. The van der Waals surface area contributed by atoms with E-state index in [1.165, 1.54) is 18.4 Å². The lowest BCUT2D eigenvalue weighted by Gasteiger charge is -2.31. The number of carbonyl (C=O) groups excluding carboxylic acids is 1. The summed E-state index contributed by atoms with van der Waals surface area (Å²) in [6, 6.07) is 12.1. The lowest BCUT2D eigenvalue weighted by Crippen LogP contribution is -2.35. The van der Waals surface area contributed by atoms with Gasteiger partial charge >= 0.3 is 6.03 Å². The average molecular weight is 352 g/mol. The number of hydrogen-bond donors (Lipinski definition) is 2. The SMILES string of the molecule is Cc1ccc(CNC(=O)NCc2ccc(N3CCC(C)CC3)nc2)cc1. The van der Waals surface area contributed by atoms with Crippen LogP contribution in [-0.2, 0) is 13.1 Å². The number of amides is 2. The van der Waals surface area contributed by atoms with E-state index in [1.54, 1.807) is 0 Å². The molecule has 5 nitrogen and oxygen atoms in total. The third-order valence-electron chi connectivity index (χ3n) is 4.94. The van der Waals surface area contributed by atoms with Gasteiger partial charge in [-0.1, -0.05) is 42.8 Å². The molecule has 1 aliphatic rings. The summed E-state index contributed by atoms with van der Waals surface area (Å²) in [5, 5.41) is 5.76. The first-order valence-corrected chi connectivity index (χ1v) is 9.37. The number of pyridine rings is 1. The molecule has 5 heteroatoms. The molecule has 0 atom stereocenters. The molecule has 0 spiro atoms. The molecule has 2 heterocycles. The molecule has 1 aromatic heterocycles. The number of urea groups is 1. The van der Waals surface area contributed by atoms with Crippen molar-refractivity contribution in [2.75, 3.05) is 18.0 Å². The van der Waals surface area contributed by atoms with E-state index in [0.717, 1.165) is 36.0 Å². The van der Waals surface area contributed by atoms with Crippen molar-refractivity contribution in [1.82, 2.24) is 15.6 Å². The zero-order valence-electron chi connectivity index (χ0n) is 15.7. The van der Waals surface area contributed by atoms with Crippen LogP contribution >= 0.6 is 0 Å². The highest BCUT2D eigenvalue weighted by Gasteiger charge is 2.16. The average Bonchev–Trinajstić information content (AvgIpc) is 2.67. The van der Waals surface area contributed by atoms with E-state index in [-0.39, 0.29) is 6.03 Å². The molecule has 2 N–H and O–H groups in total. The summed E-state index contributed by atoms with van der Waals surface area (Å²) < 4.78 is 0. The first-order valence-electron chi connectivity index (χ1n) is 9.37. The van der Waals surface area contributed by atoms with E-state index in [9.17, 15) is 4.79 Å². The van der Waals surface area contributed by atoms with Crippen LogP contribution in [0.5, 0.6) is 0 Å². The molecule has 1 aromatic carbocycles. The number of nitrogens with zero attached hydrogens (tertiary/aromatic N) is 2. The number of aryl methyl sites for hydroxylation is 1. The number of piperidine rings is 1. The minimum Gasteiger partial charge on any atom is -0.357 e. The van der Waals surface area contributed by atoms with Crippen molar-refractivity contribution in [3.05, 3.63) is 59.3 Å². The summed E-state index contributed by atoms with van der Waals surface area (Å²) in [4.78, 5) is 18.9. The Balaban J connectivity index is 1.42. The number of aromatic nitrogens is 1. The summed E-state index contributed by atoms with van der Waals surface area (Å²) >= 11 is 0. The standard InChI is InChI=1S/C21H28N4O/c1-16-3-5-18(6-4-16)13-23-21(26)24-15-19-7-8-20(22-14-19)25-11-9-17(2)10-12-25/h3-8,14,17H,9-13,15H2,1-2H3,(H2,23,24,26). The normalized spacial score (nSPS) is 14.9. The molecule has 1 saturated heterocycles. The van der Waals surface area contributed by atoms with Crippen molar-refractivity contribution in [3.63, 3.8) is 0 Å². The number of nitrogens with one attached hydrogen (secondary N) is 2. The zero-order valence-corrected chi connectivity index (χ0v) is 15.7. The second kappa shape index (κ2) is 8.70. The maximum atomic E-state index is 12.0. The molecule has 0 radical (unpaired) electrons. The van der Waals surface area contributed by atoms with Crippen LogP contribution in [0.1, 0.15) is 36.5 Å². The fraction of sp³-hybridized carbons (Fsp3) is 0.429. The van der Waals surface area contributed by atoms with Gasteiger partial charge in [-0.05, 0) is 42.9 Å². The van der Waals surface area contributed by atoms with E-state index in [0.29, 0.717) is 13.1 Å². The van der Waals surface area contributed by atoms with Crippen molar-refractivity contribution in [3.8, 4) is 0 Å². The first-order chi connectivity index (χ1) is 12.6. The molecule has 0 saturated carbocycles. The van der Waals surface area contributed by atoms with Crippen molar-refractivity contribution in [1.29, 1.82) is 0 Å². The smallest absolute Gasteiger partial charge is 0.315 e. The summed E-state index contributed by atoms with van der Waals surface area (Å²) in [6.45, 7) is 7.51. The van der Waals surface area contributed by atoms with Crippen LogP contribution in [0, 0.1) is 12.8 Å². The topological polar surface area (TPSA) is 57.3 Å². The monoisotopic (exact) mass is 352 g/mol. The van der Waals surface area contributed by atoms with Crippen LogP contribution in [0.3, 0.4) is 0 Å². The molecular weight excluding hydrogens is 324 g/mol. The third-order valence-corrected chi connectivity index (χ3v) is 4.94. The van der Waals surface area contributed by atoms with Gasteiger partial charge in [-0.25, -0.2) is 9.78 Å². The van der Waals surface area contributed by atoms with Gasteiger partial charge in [0.1, 0.15) is 5.82 Å². The Labute approximate surface area is 155 Å². The minimum atomic E-state index is -0.167. The Morgan fingerprint density at radius 2 is 1.65 bits per heavy atom. The number of rotatable bonds is 5. The molecule has 2 aromatic rings. The molecule has 1 aliphatic heterocycles. The molecule has 0 unspecified atom stereocenters. The summed E-state index contributed by atoms with van der Waals surface area (Å²) in [5.41, 5.74) is 3.31. The first kappa shape index (κ1) is 18.2. The highest BCUT2D eigenvalue weighted by Crippen LogP contribution is 2.21. The van der Waals surface area contributed by atoms with Crippen LogP contribution in [0.15, 0.2) is 42.6 Å². The van der Waals surface area contributed by atoms with Crippen LogP contribution in [0.25, 0.3) is 0 Å². The molecule has 0 bridgehead atoms. The lowest BCUT2D eigenvalue weighted by atomic mass is 9.99. The van der Waals surface area contributed by atoms with Gasteiger partial charge in [0.2, 0.25) is 0 Å². The second-order valence-electron chi connectivity index (χ2n) is 7.22. The molecule has 26 heavy (non-hydrogen) atoms. The van der Waals surface area contributed by atoms with Crippen molar-refractivity contribution in [2.24, 2.45) is 5.92 Å². The molecule has 2 amide bonds. The Hall–Kier alpha value is -2.56. The van der Waals surface area contributed by atoms with E-state index >= 15 is 0 Å². The van der Waals surface area contributed by atoms with Crippen LogP contribution in [0.2, 0.25) is 0 Å². The summed E-state index contributed by atoms with van der Waals surface area (Å²) in [5.74, 6) is 1.85. The molecule has 138 valence electrons. The Morgan fingerprint density at radius 1 is 1.04 bits per heavy atom. The number of benzene rings is 1. The lowest BCUT2D eigenvalue weighted by molar-refractivity contribution is 0.240. The maximum absolute atomic E-state index is 12.0. The Morgan fingerprint density at radius 3 is 2.27 bits per heavy atom. The van der Waals surface area contributed by atoms with Gasteiger partial charge in [-0.2, -0.15) is 0 Å². The Kier molecular flexibility index (Phi) is 6.10. The van der Waals surface area contributed by atoms with Crippen LogP contribution in [-0.4, -0.2) is 24.1 Å². The molecule has 3 rings (SSSR count). The van der Waals surface area contributed by atoms with Gasteiger partial charge in [0.05, 0.1) is 0 Å². The highest BCUT2D eigenvalue weighted by molar-refractivity contribution is 5.73. The highest BCUT2D eigenvalue weighted by atomic mass is 16.2.